The molecule has 1 aromatic heterocycles. The normalized spacial score (nSPS) is 10.7. The van der Waals surface area contributed by atoms with Crippen LogP contribution in [0.25, 0.3) is 0 Å². The number of nitrogens with zero attached hydrogens (tertiary/aromatic N) is 3. The third-order valence-electron chi connectivity index (χ3n) is 4.30. The molecule has 0 amide bonds. The van der Waals surface area contributed by atoms with Crippen LogP contribution in [0.4, 0.5) is 0 Å². The predicted molar refractivity (Wildman–Crippen MR) is 120 cm³/mol. The first-order valence-electron chi connectivity index (χ1n) is 9.12. The molecule has 5 nitrogen and oxygen atoms in total. The van der Waals surface area contributed by atoms with Gasteiger partial charge < -0.3 is 4.74 Å². The highest BCUT2D eigenvalue weighted by Crippen LogP contribution is 2.23. The Balaban J connectivity index is 1.69. The Hall–Kier alpha value is -2.38. The van der Waals surface area contributed by atoms with E-state index in [4.69, 9.17) is 4.74 Å². The van der Waals surface area contributed by atoms with E-state index in [2.05, 4.69) is 38.8 Å². The van der Waals surface area contributed by atoms with Gasteiger partial charge in [-0.25, -0.2) is 0 Å². The van der Waals surface area contributed by atoms with Gasteiger partial charge in [-0.15, -0.1) is 16.8 Å². The number of thioether (sulfide) groups is 1. The summed E-state index contributed by atoms with van der Waals surface area (Å²) in [6.07, 6.45) is 1.78. The van der Waals surface area contributed by atoms with Crippen LogP contribution in [0.3, 0.4) is 0 Å². The zero-order valence-electron chi connectivity index (χ0n) is 16.4. The Kier molecular flexibility index (Phi) is 7.28. The number of hydrogen-bond donors (Lipinski definition) is 0. The molecule has 1 heterocycles. The molecule has 0 N–H and O–H groups in total. The molecular formula is C22H22BrN3O2S. The van der Waals surface area contributed by atoms with Gasteiger partial charge in [0, 0.05) is 16.6 Å². The number of ketones is 1. The topological polar surface area (TPSA) is 57.0 Å². The molecule has 0 atom stereocenters. The van der Waals surface area contributed by atoms with Crippen LogP contribution in [-0.2, 0) is 13.2 Å². The summed E-state index contributed by atoms with van der Waals surface area (Å²) in [7, 11) is 0. The average molecular weight is 472 g/mol. The largest absolute Gasteiger partial charge is 0.485 e. The van der Waals surface area contributed by atoms with E-state index in [1.165, 1.54) is 11.8 Å². The Morgan fingerprint density at radius 1 is 1.21 bits per heavy atom. The molecule has 150 valence electrons. The van der Waals surface area contributed by atoms with Crippen molar-refractivity contribution < 1.29 is 9.53 Å². The van der Waals surface area contributed by atoms with Crippen molar-refractivity contribution >= 4 is 33.5 Å². The van der Waals surface area contributed by atoms with E-state index in [1.54, 1.807) is 6.08 Å². The molecule has 0 saturated heterocycles. The fourth-order valence-corrected chi connectivity index (χ4v) is 3.82. The van der Waals surface area contributed by atoms with Crippen molar-refractivity contribution in [2.75, 3.05) is 5.75 Å². The summed E-state index contributed by atoms with van der Waals surface area (Å²) in [6.45, 7) is 8.71. The summed E-state index contributed by atoms with van der Waals surface area (Å²) < 4.78 is 8.85. The van der Waals surface area contributed by atoms with Crippen molar-refractivity contribution in [2.45, 2.75) is 32.2 Å². The monoisotopic (exact) mass is 471 g/mol. The van der Waals surface area contributed by atoms with Crippen LogP contribution in [0.5, 0.6) is 5.75 Å². The standard InChI is InChI=1S/C22H22BrN3O2S/c1-4-11-26-21(13-28-20-12-15(2)5-6-16(20)3)24-25-22(26)29-14-19(27)17-7-9-18(23)10-8-17/h4-10,12H,1,11,13-14H2,2-3H3. The molecule has 0 saturated carbocycles. The maximum Gasteiger partial charge on any atom is 0.192 e. The van der Waals surface area contributed by atoms with Crippen molar-refractivity contribution in [1.29, 1.82) is 0 Å². The van der Waals surface area contributed by atoms with E-state index in [0.29, 0.717) is 29.7 Å². The van der Waals surface area contributed by atoms with E-state index in [9.17, 15) is 4.79 Å². The lowest BCUT2D eigenvalue weighted by atomic mass is 10.1. The van der Waals surface area contributed by atoms with Gasteiger partial charge in [0.05, 0.1) is 5.75 Å². The summed E-state index contributed by atoms with van der Waals surface area (Å²) in [4.78, 5) is 12.4. The number of halogens is 1. The second kappa shape index (κ2) is 9.89. The maximum absolute atomic E-state index is 12.4. The number of allylic oxidation sites excluding steroid dienone is 1. The Morgan fingerprint density at radius 3 is 2.69 bits per heavy atom. The third kappa shape index (κ3) is 5.58. The molecule has 2 aromatic carbocycles. The minimum Gasteiger partial charge on any atom is -0.485 e. The van der Waals surface area contributed by atoms with Crippen LogP contribution >= 0.6 is 27.7 Å². The van der Waals surface area contributed by atoms with E-state index in [-0.39, 0.29) is 11.5 Å². The first-order valence-corrected chi connectivity index (χ1v) is 10.9. The van der Waals surface area contributed by atoms with Gasteiger partial charge in [-0.1, -0.05) is 58.0 Å². The lowest BCUT2D eigenvalue weighted by Gasteiger charge is -2.11. The van der Waals surface area contributed by atoms with Gasteiger partial charge in [0.15, 0.2) is 16.8 Å². The summed E-state index contributed by atoms with van der Waals surface area (Å²) >= 11 is 4.75. The van der Waals surface area contributed by atoms with Crippen molar-refractivity contribution in [1.82, 2.24) is 14.8 Å². The maximum atomic E-state index is 12.4. The van der Waals surface area contributed by atoms with Crippen molar-refractivity contribution in [3.63, 3.8) is 0 Å². The summed E-state index contributed by atoms with van der Waals surface area (Å²) in [6, 6.07) is 13.4. The van der Waals surface area contributed by atoms with Gasteiger partial charge in [0.2, 0.25) is 0 Å². The molecule has 0 unspecified atom stereocenters. The third-order valence-corrected chi connectivity index (χ3v) is 5.80. The first kappa shape index (κ1) is 21.3. The minimum absolute atomic E-state index is 0.0452. The lowest BCUT2D eigenvalue weighted by Crippen LogP contribution is -2.09. The van der Waals surface area contributed by atoms with Crippen LogP contribution in [0, 0.1) is 13.8 Å². The zero-order valence-corrected chi connectivity index (χ0v) is 18.8. The van der Waals surface area contributed by atoms with Gasteiger partial charge in [0.25, 0.3) is 0 Å². The van der Waals surface area contributed by atoms with Crippen LogP contribution in [0.1, 0.15) is 27.3 Å². The Labute approximate surface area is 183 Å². The van der Waals surface area contributed by atoms with Crippen LogP contribution < -0.4 is 4.74 Å². The van der Waals surface area contributed by atoms with Crippen molar-refractivity contribution in [3.05, 3.63) is 82.1 Å². The predicted octanol–water partition coefficient (Wildman–Crippen LogP) is 5.40. The van der Waals surface area contributed by atoms with Gasteiger partial charge >= 0.3 is 0 Å². The van der Waals surface area contributed by atoms with Crippen molar-refractivity contribution in [2.24, 2.45) is 0 Å². The van der Waals surface area contributed by atoms with E-state index < -0.39 is 0 Å². The van der Waals surface area contributed by atoms with Crippen LogP contribution in [0.15, 0.2) is 64.7 Å². The number of carbonyl (C=O) groups excluding carboxylic acids is 1. The number of Topliss-reactive ketones (excluding diaryl/α,β-unsaturated/α-hetero) is 1. The molecule has 0 aliphatic heterocycles. The quantitative estimate of drug-likeness (QED) is 0.237. The average Bonchev–Trinajstić information content (AvgIpc) is 3.09. The van der Waals surface area contributed by atoms with Crippen molar-refractivity contribution in [3.8, 4) is 5.75 Å². The molecule has 0 radical (unpaired) electrons. The van der Waals surface area contributed by atoms with Crippen LogP contribution in [-0.4, -0.2) is 26.3 Å². The molecule has 0 aliphatic rings. The smallest absolute Gasteiger partial charge is 0.192 e. The summed E-state index contributed by atoms with van der Waals surface area (Å²) in [5.41, 5.74) is 2.88. The van der Waals surface area contributed by atoms with E-state index in [1.807, 2.05) is 54.8 Å². The molecule has 7 heteroatoms. The Morgan fingerprint density at radius 2 is 1.97 bits per heavy atom. The molecule has 0 spiro atoms. The van der Waals surface area contributed by atoms with E-state index in [0.717, 1.165) is 21.3 Å². The molecule has 0 fully saturated rings. The van der Waals surface area contributed by atoms with Gasteiger partial charge in [-0.2, -0.15) is 0 Å². The minimum atomic E-state index is 0.0452. The fraction of sp³-hybridized carbons (Fsp3) is 0.227. The highest BCUT2D eigenvalue weighted by molar-refractivity contribution is 9.10. The highest BCUT2D eigenvalue weighted by Gasteiger charge is 2.15. The van der Waals surface area contributed by atoms with Gasteiger partial charge in [-0.05, 0) is 43.2 Å². The van der Waals surface area contributed by atoms with Crippen LogP contribution in [0.2, 0.25) is 0 Å². The molecule has 3 aromatic rings. The van der Waals surface area contributed by atoms with Gasteiger partial charge in [-0.3, -0.25) is 9.36 Å². The first-order chi connectivity index (χ1) is 14.0. The molecule has 0 bridgehead atoms. The number of aryl methyl sites for hydroxylation is 2. The molecule has 0 aliphatic carbocycles. The lowest BCUT2D eigenvalue weighted by molar-refractivity contribution is 0.102. The van der Waals surface area contributed by atoms with E-state index >= 15 is 0 Å². The molecule has 29 heavy (non-hydrogen) atoms. The number of ether oxygens (including phenoxy) is 1. The number of hydrogen-bond acceptors (Lipinski definition) is 5. The fourth-order valence-electron chi connectivity index (χ4n) is 2.70. The number of benzene rings is 2. The SMILES string of the molecule is C=CCn1c(COc2cc(C)ccc2C)nnc1SCC(=O)c1ccc(Br)cc1. The molecular weight excluding hydrogens is 450 g/mol. The number of carbonyl (C=O) groups is 1. The van der Waals surface area contributed by atoms with Gasteiger partial charge in [0.1, 0.15) is 12.4 Å². The second-order valence-corrected chi connectivity index (χ2v) is 8.43. The number of aromatic nitrogens is 3. The molecule has 3 rings (SSSR count). The number of rotatable bonds is 9. The summed E-state index contributed by atoms with van der Waals surface area (Å²) in [5, 5.41) is 9.20. The summed E-state index contributed by atoms with van der Waals surface area (Å²) in [5.74, 6) is 1.86. The second-order valence-electron chi connectivity index (χ2n) is 6.57. The highest BCUT2D eigenvalue weighted by atomic mass is 79.9. The zero-order chi connectivity index (χ0) is 20.8. The Bertz CT molecular complexity index is 1020.